The molecule has 0 amide bonds. The zero-order chi connectivity index (χ0) is 33.5. The van der Waals surface area contributed by atoms with Gasteiger partial charge >= 0.3 is 5.97 Å². The fraction of sp³-hybridized carbons (Fsp3) is 0.400. The highest BCUT2D eigenvalue weighted by molar-refractivity contribution is 5.87. The number of carbonyl (C=O) groups is 1. The van der Waals surface area contributed by atoms with E-state index in [0.717, 1.165) is 16.7 Å². The van der Waals surface area contributed by atoms with E-state index in [1.165, 1.54) is 26.4 Å². The number of methoxy groups -OCH3 is 2. The second kappa shape index (κ2) is 15.6. The number of hydrogen-bond donors (Lipinski definition) is 5. The Hall–Kier alpha value is -4.17. The molecule has 2 fully saturated rings. The molecule has 12 heteroatoms. The van der Waals surface area contributed by atoms with Crippen LogP contribution in [0.2, 0.25) is 0 Å². The molecule has 3 aromatic carbocycles. The highest BCUT2D eigenvalue weighted by Crippen LogP contribution is 2.42. The second-order valence-electron chi connectivity index (χ2n) is 11.5. The normalized spacial score (nSPS) is 27.4. The van der Waals surface area contributed by atoms with Crippen LogP contribution in [0.25, 0.3) is 6.08 Å². The average Bonchev–Trinajstić information content (AvgIpc) is 3.50. The van der Waals surface area contributed by atoms with Crippen LogP contribution in [-0.4, -0.2) is 96.2 Å². The number of phenols is 1. The summed E-state index contributed by atoms with van der Waals surface area (Å²) >= 11 is 0. The number of esters is 1. The monoisotopic (exact) mass is 652 g/mol. The van der Waals surface area contributed by atoms with Gasteiger partial charge in [0, 0.05) is 18.6 Å². The summed E-state index contributed by atoms with van der Waals surface area (Å²) in [4.78, 5) is 12.2. The largest absolute Gasteiger partial charge is 0.504 e. The Morgan fingerprint density at radius 2 is 1.68 bits per heavy atom. The number of aliphatic hydroxyl groups excluding tert-OH is 4. The number of aromatic hydroxyl groups is 1. The minimum atomic E-state index is -1.64. The summed E-state index contributed by atoms with van der Waals surface area (Å²) in [7, 11) is 2.92. The van der Waals surface area contributed by atoms with Gasteiger partial charge in [-0.1, -0.05) is 42.5 Å². The van der Waals surface area contributed by atoms with E-state index in [2.05, 4.69) is 0 Å². The molecule has 8 atom stereocenters. The predicted octanol–water partition coefficient (Wildman–Crippen LogP) is 2.39. The van der Waals surface area contributed by atoms with Crippen LogP contribution in [0.15, 0.2) is 72.8 Å². The molecule has 12 nitrogen and oxygen atoms in total. The first-order valence-electron chi connectivity index (χ1n) is 15.2. The van der Waals surface area contributed by atoms with Gasteiger partial charge in [0.25, 0.3) is 0 Å². The lowest BCUT2D eigenvalue weighted by atomic mass is 9.84. The van der Waals surface area contributed by atoms with Crippen molar-refractivity contribution in [2.24, 2.45) is 11.8 Å². The van der Waals surface area contributed by atoms with Gasteiger partial charge < -0.3 is 54.0 Å². The van der Waals surface area contributed by atoms with Crippen molar-refractivity contribution in [1.82, 2.24) is 0 Å². The molecule has 3 aromatic rings. The second-order valence-corrected chi connectivity index (χ2v) is 11.5. The molecule has 2 heterocycles. The summed E-state index contributed by atoms with van der Waals surface area (Å²) in [6.07, 6.45) is -4.41. The Balaban J connectivity index is 1.22. The van der Waals surface area contributed by atoms with Crippen LogP contribution >= 0.6 is 0 Å². The van der Waals surface area contributed by atoms with Crippen molar-refractivity contribution in [2.45, 2.75) is 43.2 Å². The Kier molecular flexibility index (Phi) is 11.4. The highest BCUT2D eigenvalue weighted by atomic mass is 16.7. The van der Waals surface area contributed by atoms with Gasteiger partial charge in [0.15, 0.2) is 23.0 Å². The molecule has 2 saturated heterocycles. The zero-order valence-electron chi connectivity index (χ0n) is 26.0. The lowest BCUT2D eigenvalue weighted by Crippen LogP contribution is -2.60. The summed E-state index contributed by atoms with van der Waals surface area (Å²) in [5, 5.41) is 51.9. The molecule has 0 spiro atoms. The minimum Gasteiger partial charge on any atom is -0.504 e. The van der Waals surface area contributed by atoms with Crippen molar-refractivity contribution in [3.8, 4) is 23.0 Å². The molecule has 2 aliphatic heterocycles. The molecule has 0 radical (unpaired) electrons. The van der Waals surface area contributed by atoms with E-state index >= 15 is 0 Å². The first kappa shape index (κ1) is 34.2. The maximum Gasteiger partial charge on any atom is 0.330 e. The maximum atomic E-state index is 12.2. The molecular weight excluding hydrogens is 612 g/mol. The number of aliphatic hydroxyl groups is 4. The Labute approximate surface area is 272 Å². The van der Waals surface area contributed by atoms with Gasteiger partial charge in [-0.05, 0) is 59.4 Å². The van der Waals surface area contributed by atoms with Crippen LogP contribution in [-0.2, 0) is 25.4 Å². The molecule has 0 aromatic heterocycles. The summed E-state index contributed by atoms with van der Waals surface area (Å²) in [6.45, 7) is -0.107. The van der Waals surface area contributed by atoms with Crippen molar-refractivity contribution in [3.63, 3.8) is 0 Å². The van der Waals surface area contributed by atoms with Crippen LogP contribution in [0.5, 0.6) is 23.0 Å². The fourth-order valence-corrected chi connectivity index (χ4v) is 5.85. The first-order chi connectivity index (χ1) is 22.7. The average molecular weight is 653 g/mol. The van der Waals surface area contributed by atoms with Crippen LogP contribution in [0.1, 0.15) is 22.8 Å². The lowest BCUT2D eigenvalue weighted by molar-refractivity contribution is -0.278. The van der Waals surface area contributed by atoms with Gasteiger partial charge in [0.2, 0.25) is 6.29 Å². The lowest BCUT2D eigenvalue weighted by Gasteiger charge is -2.40. The molecular formula is C35H40O12. The molecule has 5 N–H and O–H groups in total. The van der Waals surface area contributed by atoms with E-state index in [1.807, 2.05) is 36.4 Å². The Morgan fingerprint density at radius 1 is 0.915 bits per heavy atom. The number of ether oxygens (including phenoxy) is 6. The molecule has 252 valence electrons. The van der Waals surface area contributed by atoms with Crippen molar-refractivity contribution < 1.29 is 58.7 Å². The third-order valence-corrected chi connectivity index (χ3v) is 8.47. The van der Waals surface area contributed by atoms with Gasteiger partial charge in [0.1, 0.15) is 31.0 Å². The number of hydrogen-bond acceptors (Lipinski definition) is 12. The Bertz CT molecular complexity index is 1510. The van der Waals surface area contributed by atoms with Crippen molar-refractivity contribution in [1.29, 1.82) is 0 Å². The third-order valence-electron chi connectivity index (χ3n) is 8.47. The van der Waals surface area contributed by atoms with E-state index < -0.39 is 43.3 Å². The topological polar surface area (TPSA) is 174 Å². The molecule has 0 saturated carbocycles. The Morgan fingerprint density at radius 3 is 2.40 bits per heavy atom. The maximum absolute atomic E-state index is 12.2. The van der Waals surface area contributed by atoms with Crippen molar-refractivity contribution in [3.05, 3.63) is 89.5 Å². The first-order valence-corrected chi connectivity index (χ1v) is 15.2. The van der Waals surface area contributed by atoms with Gasteiger partial charge in [-0.15, -0.1) is 0 Å². The number of phenolic OH excluding ortho intramolecular Hbond substituents is 1. The highest BCUT2D eigenvalue weighted by Gasteiger charge is 2.46. The van der Waals surface area contributed by atoms with Crippen molar-refractivity contribution in [2.75, 3.05) is 34.0 Å². The summed E-state index contributed by atoms with van der Waals surface area (Å²) in [5.74, 6) is -0.0528. The molecule has 5 rings (SSSR count). The van der Waals surface area contributed by atoms with E-state index in [4.69, 9.17) is 28.4 Å². The van der Waals surface area contributed by atoms with Gasteiger partial charge in [-0.25, -0.2) is 4.79 Å². The summed E-state index contributed by atoms with van der Waals surface area (Å²) in [5.41, 5.74) is 2.46. The summed E-state index contributed by atoms with van der Waals surface area (Å²) < 4.78 is 33.7. The number of benzene rings is 3. The van der Waals surface area contributed by atoms with Crippen molar-refractivity contribution >= 4 is 12.0 Å². The van der Waals surface area contributed by atoms with E-state index in [-0.39, 0.29) is 36.0 Å². The molecule has 47 heavy (non-hydrogen) atoms. The SMILES string of the molecule is COc1cc([C@H]2OC[C@H](Cc3ccc(O[C@@H]4O[C@H](COC(=O)/C=C/c5ccccc5)[C@@H](O)[C@H](O)[C@H]4O)c(OC)c3)[C@@H]2CO)ccc1O. The number of rotatable bonds is 12. The smallest absolute Gasteiger partial charge is 0.330 e. The van der Waals surface area contributed by atoms with E-state index in [1.54, 1.807) is 30.3 Å². The molecule has 0 bridgehead atoms. The molecule has 0 unspecified atom stereocenters. The predicted molar refractivity (Wildman–Crippen MR) is 168 cm³/mol. The fourth-order valence-electron chi connectivity index (χ4n) is 5.85. The molecule has 2 aliphatic rings. The minimum absolute atomic E-state index is 0.0171. The quantitative estimate of drug-likeness (QED) is 0.143. The van der Waals surface area contributed by atoms with Gasteiger partial charge in [-0.2, -0.15) is 0 Å². The van der Waals surface area contributed by atoms with E-state index in [9.17, 15) is 30.3 Å². The van der Waals surface area contributed by atoms with Crippen LogP contribution < -0.4 is 14.2 Å². The summed E-state index contributed by atoms with van der Waals surface area (Å²) in [6, 6.07) is 19.3. The van der Waals surface area contributed by atoms with Gasteiger partial charge in [0.05, 0.1) is 26.9 Å². The van der Waals surface area contributed by atoms with Crippen LogP contribution in [0.3, 0.4) is 0 Å². The number of carbonyl (C=O) groups excluding carboxylic acids is 1. The van der Waals surface area contributed by atoms with Crippen LogP contribution in [0, 0.1) is 11.8 Å². The zero-order valence-corrected chi connectivity index (χ0v) is 26.0. The van der Waals surface area contributed by atoms with E-state index in [0.29, 0.717) is 24.5 Å². The van der Waals surface area contributed by atoms with Crippen LogP contribution in [0.4, 0.5) is 0 Å². The van der Waals surface area contributed by atoms with Gasteiger partial charge in [-0.3, -0.25) is 0 Å². The molecule has 0 aliphatic carbocycles. The third kappa shape index (κ3) is 8.04. The standard InChI is InChI=1S/C35H40O12/c1-42-27-16-22(10-11-25(27)37)34-24(17-36)23(18-45-34)14-21-8-12-26(28(15-21)43-2)46-35-33(41)32(40)31(39)29(47-35)19-44-30(38)13-9-20-6-4-3-5-7-20/h3-13,15-16,23-24,29,31-37,39-41H,14,17-19H2,1-2H3/b13-9+/t23-,24-,29+,31+,32-,33+,34+,35+/m0/s1.